The molecule has 0 saturated carbocycles. The Balaban J connectivity index is 2.00. The molecule has 2 rings (SSSR count). The van der Waals surface area contributed by atoms with Crippen LogP contribution in [0.3, 0.4) is 0 Å². The van der Waals surface area contributed by atoms with Crippen molar-refractivity contribution in [1.82, 2.24) is 15.5 Å². The van der Waals surface area contributed by atoms with Crippen LogP contribution in [0.25, 0.3) is 0 Å². The average Bonchev–Trinajstić information content (AvgIpc) is 2.69. The molecule has 1 aliphatic rings. The molecule has 0 radical (unpaired) electrons. The Morgan fingerprint density at radius 1 is 1.41 bits per heavy atom. The number of amides is 2. The van der Waals surface area contributed by atoms with E-state index in [1.165, 1.54) is 11.1 Å². The first-order chi connectivity index (χ1) is 8.20. The van der Waals surface area contributed by atoms with Gasteiger partial charge in [0.25, 0.3) is 0 Å². The van der Waals surface area contributed by atoms with Gasteiger partial charge in [-0.3, -0.25) is 0 Å². The Hall–Kier alpha value is -1.55. The first kappa shape index (κ1) is 11.9. The fourth-order valence-corrected chi connectivity index (χ4v) is 2.02. The van der Waals surface area contributed by atoms with Gasteiger partial charge in [0, 0.05) is 19.6 Å². The Bertz CT molecular complexity index is 388. The first-order valence-electron chi connectivity index (χ1n) is 5.97. The molecule has 1 saturated heterocycles. The molecule has 0 bridgehead atoms. The van der Waals surface area contributed by atoms with Crippen molar-refractivity contribution in [3.63, 3.8) is 0 Å². The van der Waals surface area contributed by atoms with Gasteiger partial charge in [-0.25, -0.2) is 4.79 Å². The number of carbonyl (C=O) groups excluding carboxylic acids is 1. The summed E-state index contributed by atoms with van der Waals surface area (Å²) in [5.74, 6) is 0. The lowest BCUT2D eigenvalue weighted by Gasteiger charge is -2.14. The number of aryl methyl sites for hydroxylation is 1. The van der Waals surface area contributed by atoms with Gasteiger partial charge in [-0.05, 0) is 19.5 Å². The van der Waals surface area contributed by atoms with E-state index in [-0.39, 0.29) is 12.1 Å². The standard InChI is InChI=1S/C13H19N3O/c1-10-3-5-11(6-4-10)12-9-16(8-7-14-2)13(17)15-12/h3-6,12,14H,7-9H2,1-2H3,(H,15,17). The summed E-state index contributed by atoms with van der Waals surface area (Å²) >= 11 is 0. The number of rotatable bonds is 4. The second-order valence-corrected chi connectivity index (χ2v) is 4.46. The number of hydrogen-bond acceptors (Lipinski definition) is 2. The largest absolute Gasteiger partial charge is 0.329 e. The van der Waals surface area contributed by atoms with Crippen LogP contribution in [-0.4, -0.2) is 37.6 Å². The van der Waals surface area contributed by atoms with Gasteiger partial charge in [0.05, 0.1) is 6.04 Å². The van der Waals surface area contributed by atoms with E-state index in [0.29, 0.717) is 0 Å². The molecule has 1 fully saturated rings. The van der Waals surface area contributed by atoms with E-state index in [9.17, 15) is 4.79 Å². The van der Waals surface area contributed by atoms with Crippen LogP contribution in [-0.2, 0) is 0 Å². The normalized spacial score (nSPS) is 19.5. The molecule has 1 aromatic rings. The van der Waals surface area contributed by atoms with Gasteiger partial charge in [-0.15, -0.1) is 0 Å². The van der Waals surface area contributed by atoms with Crippen LogP contribution in [0.5, 0.6) is 0 Å². The number of likely N-dealkylation sites (N-methyl/N-ethyl adjacent to an activating group) is 1. The summed E-state index contributed by atoms with van der Waals surface area (Å²) in [6, 6.07) is 8.49. The second-order valence-electron chi connectivity index (χ2n) is 4.46. The van der Waals surface area contributed by atoms with Crippen LogP contribution in [0.1, 0.15) is 17.2 Å². The van der Waals surface area contributed by atoms with Crippen molar-refractivity contribution in [2.24, 2.45) is 0 Å². The molecule has 1 aromatic carbocycles. The summed E-state index contributed by atoms with van der Waals surface area (Å²) in [6.45, 7) is 4.40. The SMILES string of the molecule is CNCCN1CC(c2ccc(C)cc2)NC1=O. The summed E-state index contributed by atoms with van der Waals surface area (Å²) in [6.07, 6.45) is 0. The summed E-state index contributed by atoms with van der Waals surface area (Å²) in [4.78, 5) is 13.6. The zero-order chi connectivity index (χ0) is 12.3. The molecule has 4 heteroatoms. The minimum atomic E-state index is 0.0332. The molecule has 2 amide bonds. The Labute approximate surface area is 102 Å². The van der Waals surface area contributed by atoms with E-state index in [2.05, 4.69) is 41.8 Å². The van der Waals surface area contributed by atoms with Gasteiger partial charge in [-0.2, -0.15) is 0 Å². The predicted octanol–water partition coefficient (Wildman–Crippen LogP) is 1.28. The monoisotopic (exact) mass is 233 g/mol. The van der Waals surface area contributed by atoms with Crippen LogP contribution in [0.2, 0.25) is 0 Å². The third kappa shape index (κ3) is 2.77. The molecular formula is C13H19N3O. The Morgan fingerprint density at radius 2 is 2.12 bits per heavy atom. The molecule has 0 aromatic heterocycles. The third-order valence-corrected chi connectivity index (χ3v) is 3.10. The van der Waals surface area contributed by atoms with E-state index in [4.69, 9.17) is 0 Å². The lowest BCUT2D eigenvalue weighted by atomic mass is 10.1. The number of hydrogen-bond donors (Lipinski definition) is 2. The highest BCUT2D eigenvalue weighted by atomic mass is 16.2. The van der Waals surface area contributed by atoms with E-state index in [1.54, 1.807) is 0 Å². The zero-order valence-electron chi connectivity index (χ0n) is 10.4. The van der Waals surface area contributed by atoms with Gasteiger partial charge < -0.3 is 15.5 Å². The molecular weight excluding hydrogens is 214 g/mol. The predicted molar refractivity (Wildman–Crippen MR) is 68.0 cm³/mol. The number of carbonyl (C=O) groups is 1. The molecule has 2 N–H and O–H groups in total. The number of nitrogens with one attached hydrogen (secondary N) is 2. The summed E-state index contributed by atoms with van der Waals surface area (Å²) in [7, 11) is 1.89. The maximum absolute atomic E-state index is 11.7. The van der Waals surface area contributed by atoms with Crippen LogP contribution in [0.4, 0.5) is 4.79 Å². The smallest absolute Gasteiger partial charge is 0.318 e. The summed E-state index contributed by atoms with van der Waals surface area (Å²) in [5.41, 5.74) is 2.42. The Kier molecular flexibility index (Phi) is 3.64. The fourth-order valence-electron chi connectivity index (χ4n) is 2.02. The topological polar surface area (TPSA) is 44.4 Å². The summed E-state index contributed by atoms with van der Waals surface area (Å²) in [5, 5.41) is 6.06. The van der Waals surface area contributed by atoms with E-state index >= 15 is 0 Å². The summed E-state index contributed by atoms with van der Waals surface area (Å²) < 4.78 is 0. The molecule has 1 heterocycles. The lowest BCUT2D eigenvalue weighted by molar-refractivity contribution is 0.218. The third-order valence-electron chi connectivity index (χ3n) is 3.10. The van der Waals surface area contributed by atoms with Crippen molar-refractivity contribution < 1.29 is 4.79 Å². The maximum atomic E-state index is 11.7. The molecule has 1 atom stereocenters. The van der Waals surface area contributed by atoms with Crippen molar-refractivity contribution in [3.8, 4) is 0 Å². The van der Waals surface area contributed by atoms with Crippen molar-refractivity contribution >= 4 is 6.03 Å². The number of urea groups is 1. The van der Waals surface area contributed by atoms with Crippen molar-refractivity contribution in [3.05, 3.63) is 35.4 Å². The second kappa shape index (κ2) is 5.19. The number of nitrogens with zero attached hydrogens (tertiary/aromatic N) is 1. The van der Waals surface area contributed by atoms with Gasteiger partial charge in [-0.1, -0.05) is 29.8 Å². The maximum Gasteiger partial charge on any atom is 0.318 e. The minimum absolute atomic E-state index is 0.0332. The molecule has 0 spiro atoms. The van der Waals surface area contributed by atoms with Crippen LogP contribution in [0.15, 0.2) is 24.3 Å². The minimum Gasteiger partial charge on any atom is -0.329 e. The molecule has 1 unspecified atom stereocenters. The van der Waals surface area contributed by atoms with Crippen molar-refractivity contribution in [2.75, 3.05) is 26.7 Å². The quantitative estimate of drug-likeness (QED) is 0.823. The van der Waals surface area contributed by atoms with Gasteiger partial charge in [0.15, 0.2) is 0 Å². The van der Waals surface area contributed by atoms with Crippen molar-refractivity contribution in [2.45, 2.75) is 13.0 Å². The van der Waals surface area contributed by atoms with Crippen LogP contribution >= 0.6 is 0 Å². The molecule has 4 nitrogen and oxygen atoms in total. The average molecular weight is 233 g/mol. The Morgan fingerprint density at radius 3 is 2.76 bits per heavy atom. The van der Waals surface area contributed by atoms with E-state index in [1.807, 2.05) is 11.9 Å². The van der Waals surface area contributed by atoms with Gasteiger partial charge >= 0.3 is 6.03 Å². The molecule has 17 heavy (non-hydrogen) atoms. The highest BCUT2D eigenvalue weighted by Crippen LogP contribution is 2.20. The highest BCUT2D eigenvalue weighted by Gasteiger charge is 2.28. The molecule has 1 aliphatic heterocycles. The fraction of sp³-hybridized carbons (Fsp3) is 0.462. The van der Waals surface area contributed by atoms with E-state index < -0.39 is 0 Å². The van der Waals surface area contributed by atoms with Gasteiger partial charge in [0.2, 0.25) is 0 Å². The van der Waals surface area contributed by atoms with Crippen LogP contribution in [0, 0.1) is 6.92 Å². The van der Waals surface area contributed by atoms with E-state index in [0.717, 1.165) is 19.6 Å². The molecule has 0 aliphatic carbocycles. The number of benzene rings is 1. The van der Waals surface area contributed by atoms with Crippen molar-refractivity contribution in [1.29, 1.82) is 0 Å². The van der Waals surface area contributed by atoms with Crippen LogP contribution < -0.4 is 10.6 Å². The molecule has 92 valence electrons. The lowest BCUT2D eigenvalue weighted by Crippen LogP contribution is -2.33. The van der Waals surface area contributed by atoms with Gasteiger partial charge in [0.1, 0.15) is 0 Å². The zero-order valence-corrected chi connectivity index (χ0v) is 10.4. The first-order valence-corrected chi connectivity index (χ1v) is 5.97. The highest BCUT2D eigenvalue weighted by molar-refractivity contribution is 5.77.